The molecule has 164 valence electrons. The third-order valence-electron chi connectivity index (χ3n) is 5.75. The van der Waals surface area contributed by atoms with Crippen molar-refractivity contribution in [3.8, 4) is 11.1 Å². The lowest BCUT2D eigenvalue weighted by atomic mass is 9.89. The molecule has 3 N–H and O–H groups in total. The zero-order valence-electron chi connectivity index (χ0n) is 17.0. The number of halogens is 2. The van der Waals surface area contributed by atoms with Gasteiger partial charge in [-0.2, -0.15) is 0 Å². The van der Waals surface area contributed by atoms with Crippen molar-refractivity contribution < 1.29 is 28.2 Å². The molecule has 3 aromatic rings. The van der Waals surface area contributed by atoms with Crippen LogP contribution in [-0.2, 0) is 14.3 Å². The Kier molecular flexibility index (Phi) is 6.01. The van der Waals surface area contributed by atoms with Gasteiger partial charge in [-0.3, -0.25) is 9.59 Å². The van der Waals surface area contributed by atoms with Gasteiger partial charge in [0.1, 0.15) is 6.61 Å². The van der Waals surface area contributed by atoms with Crippen molar-refractivity contribution in [2.45, 2.75) is 24.3 Å². The Bertz CT molecular complexity index is 1130. The van der Waals surface area contributed by atoms with Crippen LogP contribution in [-0.4, -0.2) is 29.7 Å². The fourth-order valence-corrected chi connectivity index (χ4v) is 4.28. The van der Waals surface area contributed by atoms with Gasteiger partial charge in [0.25, 0.3) is 0 Å². The van der Waals surface area contributed by atoms with Crippen molar-refractivity contribution in [2.75, 3.05) is 6.61 Å². The van der Waals surface area contributed by atoms with Crippen LogP contribution in [0.2, 0.25) is 0 Å². The van der Waals surface area contributed by atoms with Gasteiger partial charge in [-0.1, -0.05) is 54.6 Å². The Hall–Kier alpha value is -3.58. The first kappa shape index (κ1) is 21.6. The van der Waals surface area contributed by atoms with Crippen LogP contribution < -0.4 is 5.73 Å². The number of esters is 1. The molecule has 0 bridgehead atoms. The number of ether oxygens (including phenoxy) is 1. The molecule has 1 aliphatic carbocycles. The maximum absolute atomic E-state index is 13.8. The lowest BCUT2D eigenvalue weighted by Gasteiger charge is -2.23. The highest BCUT2D eigenvalue weighted by atomic mass is 19.2. The van der Waals surface area contributed by atoms with E-state index in [1.807, 2.05) is 48.5 Å². The van der Waals surface area contributed by atoms with Crippen molar-refractivity contribution in [2.24, 2.45) is 5.73 Å². The van der Waals surface area contributed by atoms with Crippen LogP contribution >= 0.6 is 0 Å². The fourth-order valence-electron chi connectivity index (χ4n) is 4.28. The Morgan fingerprint density at radius 1 is 0.938 bits per heavy atom. The molecule has 3 aromatic carbocycles. The Morgan fingerprint density at radius 2 is 1.53 bits per heavy atom. The molecule has 0 aliphatic heterocycles. The lowest BCUT2D eigenvalue weighted by molar-refractivity contribution is -0.146. The summed E-state index contributed by atoms with van der Waals surface area (Å²) >= 11 is 0. The fraction of sp³-hybridized carbons (Fsp3) is 0.200. The minimum Gasteiger partial charge on any atom is -0.481 e. The summed E-state index contributed by atoms with van der Waals surface area (Å²) in [5.41, 5.74) is 10.2. The lowest BCUT2D eigenvalue weighted by Crippen LogP contribution is -2.37. The number of hydrogen-bond acceptors (Lipinski definition) is 4. The van der Waals surface area contributed by atoms with Gasteiger partial charge < -0.3 is 15.6 Å². The van der Waals surface area contributed by atoms with Crippen molar-refractivity contribution in [3.05, 3.63) is 95.1 Å². The molecule has 0 saturated heterocycles. The topological polar surface area (TPSA) is 89.6 Å². The molecule has 0 fully saturated rings. The van der Waals surface area contributed by atoms with Crippen molar-refractivity contribution in [1.29, 1.82) is 0 Å². The first-order chi connectivity index (χ1) is 15.4. The first-order valence-corrected chi connectivity index (χ1v) is 10.1. The van der Waals surface area contributed by atoms with E-state index in [0.29, 0.717) is 0 Å². The minimum atomic E-state index is -1.26. The minimum absolute atomic E-state index is 0.00677. The van der Waals surface area contributed by atoms with Crippen LogP contribution in [0.1, 0.15) is 34.9 Å². The van der Waals surface area contributed by atoms with Gasteiger partial charge in [0, 0.05) is 12.0 Å². The number of rotatable bonds is 7. The molecule has 32 heavy (non-hydrogen) atoms. The zero-order valence-corrected chi connectivity index (χ0v) is 17.0. The molecule has 4 rings (SSSR count). The van der Waals surface area contributed by atoms with E-state index in [-0.39, 0.29) is 18.1 Å². The average Bonchev–Trinajstić information content (AvgIpc) is 3.08. The number of benzene rings is 3. The molecular formula is C25H21F2NO4. The Labute approximate surface area is 183 Å². The predicted molar refractivity (Wildman–Crippen MR) is 114 cm³/mol. The largest absolute Gasteiger partial charge is 0.481 e. The summed E-state index contributed by atoms with van der Waals surface area (Å²) in [7, 11) is 0. The summed E-state index contributed by atoms with van der Waals surface area (Å²) in [5.74, 6) is -5.68. The summed E-state index contributed by atoms with van der Waals surface area (Å²) < 4.78 is 32.8. The van der Waals surface area contributed by atoms with Crippen molar-refractivity contribution in [3.63, 3.8) is 0 Å². The van der Waals surface area contributed by atoms with Gasteiger partial charge in [-0.15, -0.1) is 0 Å². The zero-order chi connectivity index (χ0) is 22.8. The van der Waals surface area contributed by atoms with E-state index in [1.54, 1.807) is 0 Å². The molecule has 2 atom stereocenters. The highest BCUT2D eigenvalue weighted by Crippen LogP contribution is 2.44. The third-order valence-corrected chi connectivity index (χ3v) is 5.75. The van der Waals surface area contributed by atoms with Gasteiger partial charge in [0.05, 0.1) is 12.3 Å². The van der Waals surface area contributed by atoms with Crippen LogP contribution in [0, 0.1) is 11.6 Å². The molecule has 0 spiro atoms. The smallest absolute Gasteiger partial charge is 0.315 e. The molecule has 0 amide bonds. The highest BCUT2D eigenvalue weighted by Gasteiger charge is 2.34. The number of hydrogen-bond donors (Lipinski definition) is 2. The molecular weight excluding hydrogens is 416 g/mol. The summed E-state index contributed by atoms with van der Waals surface area (Å²) in [4.78, 5) is 24.2. The van der Waals surface area contributed by atoms with Crippen molar-refractivity contribution >= 4 is 11.9 Å². The van der Waals surface area contributed by atoms with Crippen LogP contribution in [0.25, 0.3) is 11.1 Å². The Balaban J connectivity index is 1.60. The maximum atomic E-state index is 13.8. The standard InChI is InChI=1S/C25H21F2NO4/c26-20-10-9-14(11-21(20)27)24(22(28)12-23(29)30)25(31)32-13-19-17-7-3-1-5-15(17)16-6-2-4-8-18(16)19/h1-11,19,22,24H,12-13,28H2,(H,29,30)/t22-,24+/m0/s1. The average molecular weight is 437 g/mol. The number of carboxylic acid groups (broad SMARTS) is 1. The second-order valence-electron chi connectivity index (χ2n) is 7.77. The molecule has 5 nitrogen and oxygen atoms in total. The van der Waals surface area contributed by atoms with Gasteiger partial charge >= 0.3 is 11.9 Å². The van der Waals surface area contributed by atoms with E-state index in [9.17, 15) is 18.4 Å². The molecule has 0 aromatic heterocycles. The molecule has 0 radical (unpaired) electrons. The van der Waals surface area contributed by atoms with E-state index in [2.05, 4.69) is 0 Å². The summed E-state index contributed by atoms with van der Waals surface area (Å²) in [5, 5.41) is 9.11. The second kappa shape index (κ2) is 8.88. The van der Waals surface area contributed by atoms with E-state index >= 15 is 0 Å². The van der Waals surface area contributed by atoms with Gasteiger partial charge in [-0.25, -0.2) is 8.78 Å². The van der Waals surface area contributed by atoms with Crippen molar-refractivity contribution in [1.82, 2.24) is 0 Å². The molecule has 1 aliphatic rings. The molecule has 0 saturated carbocycles. The predicted octanol–water partition coefficient (Wildman–Crippen LogP) is 4.21. The van der Waals surface area contributed by atoms with E-state index < -0.39 is 42.0 Å². The van der Waals surface area contributed by atoms with Crippen LogP contribution in [0.15, 0.2) is 66.7 Å². The summed E-state index contributed by atoms with van der Waals surface area (Å²) in [6.45, 7) is 0.00677. The number of nitrogens with two attached hydrogens (primary N) is 1. The van der Waals surface area contributed by atoms with Crippen LogP contribution in [0.4, 0.5) is 8.78 Å². The SMILES string of the molecule is N[C@@H](CC(=O)O)[C@H](C(=O)OCC1c2ccccc2-c2ccccc21)c1ccc(F)c(F)c1. The van der Waals surface area contributed by atoms with Crippen LogP contribution in [0.3, 0.4) is 0 Å². The molecule has 7 heteroatoms. The van der Waals surface area contributed by atoms with Gasteiger partial charge in [0.15, 0.2) is 11.6 Å². The number of carbonyl (C=O) groups is 2. The van der Waals surface area contributed by atoms with E-state index in [0.717, 1.165) is 34.4 Å². The normalized spacial score (nSPS) is 14.3. The molecule has 0 unspecified atom stereocenters. The third kappa shape index (κ3) is 4.11. The maximum Gasteiger partial charge on any atom is 0.315 e. The highest BCUT2D eigenvalue weighted by molar-refractivity contribution is 5.82. The van der Waals surface area contributed by atoms with Gasteiger partial charge in [0.2, 0.25) is 0 Å². The summed E-state index contributed by atoms with van der Waals surface area (Å²) in [6.07, 6.45) is -0.534. The van der Waals surface area contributed by atoms with E-state index in [4.69, 9.17) is 15.6 Å². The van der Waals surface area contributed by atoms with Crippen LogP contribution in [0.5, 0.6) is 0 Å². The van der Waals surface area contributed by atoms with E-state index in [1.165, 1.54) is 6.07 Å². The summed E-state index contributed by atoms with van der Waals surface area (Å²) in [6, 6.07) is 17.4. The van der Waals surface area contributed by atoms with Gasteiger partial charge in [-0.05, 0) is 39.9 Å². The second-order valence-corrected chi connectivity index (χ2v) is 7.77. The Morgan fingerprint density at radius 3 is 2.09 bits per heavy atom. The monoisotopic (exact) mass is 437 g/mol. The number of carboxylic acids is 1. The number of fused-ring (bicyclic) bond motifs is 3. The number of carbonyl (C=O) groups excluding carboxylic acids is 1. The number of aliphatic carboxylic acids is 1. The quantitative estimate of drug-likeness (QED) is 0.541. The first-order valence-electron chi connectivity index (χ1n) is 10.1. The molecule has 0 heterocycles.